The van der Waals surface area contributed by atoms with E-state index in [1.54, 1.807) is 25.2 Å². The van der Waals surface area contributed by atoms with Gasteiger partial charge in [0, 0.05) is 18.9 Å². The van der Waals surface area contributed by atoms with Crippen LogP contribution in [0.15, 0.2) is 29.8 Å². The van der Waals surface area contributed by atoms with Crippen molar-refractivity contribution >= 4 is 33.3 Å². The van der Waals surface area contributed by atoms with E-state index in [4.69, 9.17) is 10.5 Å². The highest BCUT2D eigenvalue weighted by Gasteiger charge is 2.43. The van der Waals surface area contributed by atoms with Crippen molar-refractivity contribution in [2.24, 2.45) is 23.0 Å². The lowest BCUT2D eigenvalue weighted by Gasteiger charge is -2.35. The van der Waals surface area contributed by atoms with Crippen LogP contribution in [0.4, 0.5) is 0 Å². The van der Waals surface area contributed by atoms with Crippen LogP contribution in [0.3, 0.4) is 0 Å². The maximum absolute atomic E-state index is 13.5. The smallest absolute Gasteiger partial charge is 0.309 e. The number of thiazole rings is 1. The van der Waals surface area contributed by atoms with Gasteiger partial charge < -0.3 is 20.7 Å². The van der Waals surface area contributed by atoms with E-state index >= 15 is 0 Å². The first-order valence-electron chi connectivity index (χ1n) is 13.3. The molecule has 1 aliphatic rings. The zero-order chi connectivity index (χ0) is 27.3. The number of esters is 1. The molecule has 0 saturated heterocycles. The van der Waals surface area contributed by atoms with Gasteiger partial charge in [0.25, 0.3) is 0 Å². The normalized spacial score (nSPS) is 30.1. The minimum atomic E-state index is -1.23. The summed E-state index contributed by atoms with van der Waals surface area (Å²) in [5, 5.41) is 22.8. The molecule has 1 aromatic carbocycles. The van der Waals surface area contributed by atoms with Crippen molar-refractivity contribution in [2.45, 2.75) is 98.0 Å². The molecule has 2 heterocycles. The molecule has 0 fully saturated rings. The molecule has 0 radical (unpaired) electrons. The molecule has 204 valence electrons. The molecule has 2 aromatic rings. The van der Waals surface area contributed by atoms with Gasteiger partial charge in [0.2, 0.25) is 0 Å². The fraction of sp³-hybridized carbons (Fsp3) is 0.621. The maximum atomic E-state index is 13.5. The predicted octanol–water partition coefficient (Wildman–Crippen LogP) is 5.23. The molecule has 37 heavy (non-hydrogen) atoms. The Hall–Kier alpha value is -2.13. The molecule has 0 amide bonds. The second-order valence-electron chi connectivity index (χ2n) is 11.0. The number of aliphatic hydroxyl groups excluding tert-OH is 2. The topological polar surface area (TPSA) is 123 Å². The van der Waals surface area contributed by atoms with Crippen LogP contribution >= 0.6 is 11.3 Å². The number of aromatic nitrogens is 1. The predicted molar refractivity (Wildman–Crippen MR) is 147 cm³/mol. The third-order valence-corrected chi connectivity index (χ3v) is 8.85. The van der Waals surface area contributed by atoms with Crippen molar-refractivity contribution in [2.75, 3.05) is 0 Å². The lowest BCUT2D eigenvalue weighted by molar-refractivity contribution is -0.156. The minimum absolute atomic E-state index is 0.0523. The molecule has 3 rings (SSSR count). The first-order chi connectivity index (χ1) is 17.5. The summed E-state index contributed by atoms with van der Waals surface area (Å²) in [6, 6.07) is 5.85. The highest BCUT2D eigenvalue weighted by Crippen LogP contribution is 2.35. The molecule has 4 N–H and O–H groups in total. The fourth-order valence-electron chi connectivity index (χ4n) is 5.06. The highest BCUT2D eigenvalue weighted by molar-refractivity contribution is 7.18. The molecule has 0 aliphatic carbocycles. The SMILES string of the molecule is CC[C@H]1C(=O)C(C)(C)[C@@H](O)CC(=O)O[C@H](c2ccc3sc(CN)nc3c2)C/C=C(/C)CCC[C@H](C)[C@@H]1O. The highest BCUT2D eigenvalue weighted by atomic mass is 32.1. The van der Waals surface area contributed by atoms with Gasteiger partial charge in [0.05, 0.1) is 34.3 Å². The van der Waals surface area contributed by atoms with Crippen molar-refractivity contribution in [3.05, 3.63) is 40.4 Å². The quantitative estimate of drug-likeness (QED) is 0.367. The van der Waals surface area contributed by atoms with Crippen molar-refractivity contribution in [1.82, 2.24) is 4.98 Å². The Balaban J connectivity index is 1.93. The van der Waals surface area contributed by atoms with Crippen LogP contribution in [-0.4, -0.2) is 39.2 Å². The van der Waals surface area contributed by atoms with Crippen molar-refractivity contribution < 1.29 is 24.5 Å². The number of cyclic esters (lactones) is 1. The van der Waals surface area contributed by atoms with Gasteiger partial charge in [-0.1, -0.05) is 45.4 Å². The largest absolute Gasteiger partial charge is 0.457 e. The van der Waals surface area contributed by atoms with E-state index in [-0.39, 0.29) is 18.1 Å². The average molecular weight is 531 g/mol. The summed E-state index contributed by atoms with van der Waals surface area (Å²) in [4.78, 5) is 31.1. The molecule has 8 heteroatoms. The Bertz CT molecular complexity index is 1120. The fourth-order valence-corrected chi connectivity index (χ4v) is 5.88. The van der Waals surface area contributed by atoms with Gasteiger partial charge >= 0.3 is 5.97 Å². The van der Waals surface area contributed by atoms with Gasteiger partial charge in [-0.15, -0.1) is 11.3 Å². The number of hydrogen-bond donors (Lipinski definition) is 3. The van der Waals surface area contributed by atoms with Crippen molar-refractivity contribution in [3.8, 4) is 0 Å². The molecule has 0 spiro atoms. The van der Waals surface area contributed by atoms with Crippen molar-refractivity contribution in [3.63, 3.8) is 0 Å². The lowest BCUT2D eigenvalue weighted by Crippen LogP contribution is -2.46. The number of carbonyl (C=O) groups is 2. The lowest BCUT2D eigenvalue weighted by atomic mass is 9.71. The summed E-state index contributed by atoms with van der Waals surface area (Å²) >= 11 is 1.54. The van der Waals surface area contributed by atoms with Gasteiger partial charge in [-0.3, -0.25) is 9.59 Å². The van der Waals surface area contributed by atoms with E-state index in [1.807, 2.05) is 32.0 Å². The molecular weight excluding hydrogens is 488 g/mol. The Morgan fingerprint density at radius 2 is 1.97 bits per heavy atom. The number of allylic oxidation sites excluding steroid dienone is 1. The molecule has 1 aromatic heterocycles. The van der Waals surface area contributed by atoms with E-state index in [0.717, 1.165) is 40.1 Å². The van der Waals surface area contributed by atoms with Crippen LogP contribution in [0.25, 0.3) is 10.2 Å². The number of Topliss-reactive ketones (excluding diaryl/α,β-unsaturated/α-hetero) is 1. The Morgan fingerprint density at radius 3 is 2.65 bits per heavy atom. The Morgan fingerprint density at radius 1 is 1.24 bits per heavy atom. The summed E-state index contributed by atoms with van der Waals surface area (Å²) in [6.45, 7) is 9.57. The van der Waals surface area contributed by atoms with Crippen LogP contribution in [0, 0.1) is 17.3 Å². The summed E-state index contributed by atoms with van der Waals surface area (Å²) in [6.07, 6.45) is 2.71. The Kier molecular flexibility index (Phi) is 10.0. The van der Waals surface area contributed by atoms with E-state index in [1.165, 1.54) is 5.57 Å². The van der Waals surface area contributed by atoms with Crippen LogP contribution in [-0.2, 0) is 20.9 Å². The maximum Gasteiger partial charge on any atom is 0.309 e. The second-order valence-corrected chi connectivity index (χ2v) is 12.1. The summed E-state index contributed by atoms with van der Waals surface area (Å²) in [7, 11) is 0. The number of ketones is 1. The average Bonchev–Trinajstić information content (AvgIpc) is 3.28. The third kappa shape index (κ3) is 7.05. The number of carbonyl (C=O) groups excluding carboxylic acids is 2. The molecule has 7 nitrogen and oxygen atoms in total. The number of ether oxygens (including phenoxy) is 1. The summed E-state index contributed by atoms with van der Waals surface area (Å²) < 4.78 is 6.93. The standard InChI is InChI=1S/C29H42N2O5S/c1-6-20-27(34)18(3)9-7-8-17(2)10-12-22(36-26(33)15-24(32)29(4,5)28(20)35)19-11-13-23-21(14-19)31-25(16-30)37-23/h10-11,13-14,18,20,22,24,27,32,34H,6-9,12,15-16,30H2,1-5H3/b17-10-/t18-,20+,22-,24-,27-/m0/s1. The van der Waals surface area contributed by atoms with Crippen LogP contribution in [0.5, 0.6) is 0 Å². The zero-order valence-corrected chi connectivity index (χ0v) is 23.5. The zero-order valence-electron chi connectivity index (χ0n) is 22.7. The van der Waals surface area contributed by atoms with Gasteiger partial charge in [-0.2, -0.15) is 0 Å². The van der Waals surface area contributed by atoms with Gasteiger partial charge in [0.1, 0.15) is 16.9 Å². The van der Waals surface area contributed by atoms with Crippen molar-refractivity contribution in [1.29, 1.82) is 0 Å². The molecule has 0 saturated carbocycles. The molecule has 1 aliphatic heterocycles. The van der Waals surface area contributed by atoms with Gasteiger partial charge in [0.15, 0.2) is 0 Å². The number of nitrogens with two attached hydrogens (primary N) is 1. The first kappa shape index (κ1) is 29.4. The summed E-state index contributed by atoms with van der Waals surface area (Å²) in [5.41, 5.74) is 7.37. The number of benzene rings is 1. The van der Waals surface area contributed by atoms with Crippen LogP contribution in [0.1, 0.15) is 89.8 Å². The van der Waals surface area contributed by atoms with Gasteiger partial charge in [-0.25, -0.2) is 4.98 Å². The van der Waals surface area contributed by atoms with E-state index in [0.29, 0.717) is 19.4 Å². The van der Waals surface area contributed by atoms with Crippen LogP contribution < -0.4 is 5.73 Å². The summed E-state index contributed by atoms with van der Waals surface area (Å²) in [5.74, 6) is -1.45. The molecule has 5 atom stereocenters. The first-order valence-corrected chi connectivity index (χ1v) is 14.1. The monoisotopic (exact) mass is 530 g/mol. The molecule has 0 bridgehead atoms. The number of rotatable bonds is 3. The number of hydrogen-bond acceptors (Lipinski definition) is 8. The molecular formula is C29H42N2O5S. The van der Waals surface area contributed by atoms with E-state index in [9.17, 15) is 19.8 Å². The minimum Gasteiger partial charge on any atom is -0.457 e. The van der Waals surface area contributed by atoms with E-state index < -0.39 is 35.6 Å². The molecule has 0 unspecified atom stereocenters. The number of fused-ring (bicyclic) bond motifs is 1. The van der Waals surface area contributed by atoms with E-state index in [2.05, 4.69) is 18.0 Å². The third-order valence-electron chi connectivity index (χ3n) is 7.79. The van der Waals surface area contributed by atoms with Gasteiger partial charge in [-0.05, 0) is 56.2 Å². The number of aliphatic hydroxyl groups is 2. The number of nitrogens with zero attached hydrogens (tertiary/aromatic N) is 1. The van der Waals surface area contributed by atoms with Crippen LogP contribution in [0.2, 0.25) is 0 Å². The second kappa shape index (κ2) is 12.6. The Labute approximate surface area is 224 Å².